The molecule has 0 aromatic heterocycles. The molecule has 0 heterocycles. The minimum atomic E-state index is 0.540. The Morgan fingerprint density at radius 2 is 2.06 bits per heavy atom. The Labute approximate surface area is 103 Å². The van der Waals surface area contributed by atoms with Crippen molar-refractivity contribution in [2.45, 2.75) is 32.2 Å². The molecule has 1 aromatic carbocycles. The molecule has 0 saturated heterocycles. The normalized spacial score (nSPS) is 23.6. The topological polar surface area (TPSA) is 47.3 Å². The second-order valence-corrected chi connectivity index (χ2v) is 4.63. The lowest BCUT2D eigenvalue weighted by Gasteiger charge is -2.20. The maximum absolute atomic E-state index is 5.78. The number of ether oxygens (including phenoxy) is 1. The van der Waals surface area contributed by atoms with E-state index in [1.165, 1.54) is 24.9 Å². The second-order valence-electron chi connectivity index (χ2n) is 4.63. The molecular formula is C14H22N2O. The highest BCUT2D eigenvalue weighted by atomic mass is 16.5. The molecule has 3 nitrogen and oxygen atoms in total. The minimum Gasteiger partial charge on any atom is -0.494 e. The Morgan fingerprint density at radius 1 is 1.29 bits per heavy atom. The highest BCUT2D eigenvalue weighted by Gasteiger charge is 2.25. The number of nitrogens with one attached hydrogen (secondary N) is 1. The summed E-state index contributed by atoms with van der Waals surface area (Å²) in [4.78, 5) is 0. The van der Waals surface area contributed by atoms with Crippen LogP contribution in [0, 0.1) is 5.92 Å². The molecule has 94 valence electrons. The van der Waals surface area contributed by atoms with Crippen LogP contribution in [0.1, 0.15) is 26.2 Å². The first-order valence-corrected chi connectivity index (χ1v) is 6.53. The van der Waals surface area contributed by atoms with E-state index in [1.807, 2.05) is 19.1 Å². The van der Waals surface area contributed by atoms with Crippen molar-refractivity contribution >= 4 is 5.69 Å². The largest absolute Gasteiger partial charge is 0.494 e. The summed E-state index contributed by atoms with van der Waals surface area (Å²) in [7, 11) is 0. The fraction of sp³-hybridized carbons (Fsp3) is 0.571. The molecule has 0 bridgehead atoms. The van der Waals surface area contributed by atoms with Crippen LogP contribution in [0.25, 0.3) is 0 Å². The number of anilines is 1. The molecule has 2 rings (SSSR count). The second kappa shape index (κ2) is 5.92. The minimum absolute atomic E-state index is 0.540. The summed E-state index contributed by atoms with van der Waals surface area (Å²) in [6, 6.07) is 8.72. The molecule has 1 aliphatic carbocycles. The van der Waals surface area contributed by atoms with E-state index in [4.69, 9.17) is 10.5 Å². The van der Waals surface area contributed by atoms with Gasteiger partial charge in [0.25, 0.3) is 0 Å². The van der Waals surface area contributed by atoms with Gasteiger partial charge in [0.2, 0.25) is 0 Å². The molecule has 0 radical (unpaired) electrons. The summed E-state index contributed by atoms with van der Waals surface area (Å²) in [5.74, 6) is 1.56. The van der Waals surface area contributed by atoms with Gasteiger partial charge in [-0.2, -0.15) is 0 Å². The predicted octanol–water partition coefficient (Wildman–Crippen LogP) is 2.62. The van der Waals surface area contributed by atoms with E-state index in [0.717, 1.165) is 12.3 Å². The van der Waals surface area contributed by atoms with Gasteiger partial charge in [-0.05, 0) is 56.5 Å². The summed E-state index contributed by atoms with van der Waals surface area (Å²) in [5, 5.41) is 3.58. The monoisotopic (exact) mass is 234 g/mol. The molecule has 0 amide bonds. The van der Waals surface area contributed by atoms with Crippen molar-refractivity contribution in [3.63, 3.8) is 0 Å². The zero-order valence-electron chi connectivity index (χ0n) is 10.5. The molecule has 1 aliphatic rings. The van der Waals surface area contributed by atoms with E-state index in [2.05, 4.69) is 17.4 Å². The van der Waals surface area contributed by atoms with Gasteiger partial charge in [-0.1, -0.05) is 6.42 Å². The van der Waals surface area contributed by atoms with Gasteiger partial charge in [0.15, 0.2) is 0 Å². The van der Waals surface area contributed by atoms with Crippen molar-refractivity contribution in [3.05, 3.63) is 24.3 Å². The Hall–Kier alpha value is -1.22. The van der Waals surface area contributed by atoms with Crippen LogP contribution >= 0.6 is 0 Å². The first kappa shape index (κ1) is 12.2. The zero-order valence-corrected chi connectivity index (χ0v) is 10.5. The zero-order chi connectivity index (χ0) is 12.1. The van der Waals surface area contributed by atoms with E-state index < -0.39 is 0 Å². The maximum Gasteiger partial charge on any atom is 0.119 e. The van der Waals surface area contributed by atoms with Crippen LogP contribution in [-0.4, -0.2) is 19.2 Å². The summed E-state index contributed by atoms with van der Waals surface area (Å²) >= 11 is 0. The Kier molecular flexibility index (Phi) is 4.26. The fourth-order valence-electron chi connectivity index (χ4n) is 2.54. The van der Waals surface area contributed by atoms with Crippen LogP contribution in [0.5, 0.6) is 5.75 Å². The van der Waals surface area contributed by atoms with Gasteiger partial charge in [-0.3, -0.25) is 0 Å². The average molecular weight is 234 g/mol. The number of hydrogen-bond donors (Lipinski definition) is 2. The Bertz CT molecular complexity index is 337. The number of nitrogens with two attached hydrogens (primary N) is 1. The smallest absolute Gasteiger partial charge is 0.119 e. The van der Waals surface area contributed by atoms with Gasteiger partial charge >= 0.3 is 0 Å². The molecule has 0 aliphatic heterocycles. The van der Waals surface area contributed by atoms with Crippen molar-refractivity contribution in [1.29, 1.82) is 0 Å². The van der Waals surface area contributed by atoms with Crippen molar-refractivity contribution in [2.24, 2.45) is 11.7 Å². The van der Waals surface area contributed by atoms with E-state index >= 15 is 0 Å². The molecule has 0 spiro atoms. The fourth-order valence-corrected chi connectivity index (χ4v) is 2.54. The quantitative estimate of drug-likeness (QED) is 0.823. The van der Waals surface area contributed by atoms with Crippen molar-refractivity contribution in [3.8, 4) is 5.75 Å². The van der Waals surface area contributed by atoms with Gasteiger partial charge in [0.1, 0.15) is 5.75 Å². The van der Waals surface area contributed by atoms with Crippen molar-refractivity contribution in [2.75, 3.05) is 18.5 Å². The van der Waals surface area contributed by atoms with Crippen LogP contribution in [0.4, 0.5) is 5.69 Å². The standard InChI is InChI=1S/C14H22N2O/c1-2-17-13-8-6-12(7-9-13)16-14-5-3-4-11(14)10-15/h6-9,11,14,16H,2-5,10,15H2,1H3. The first-order chi connectivity index (χ1) is 8.33. The molecule has 2 atom stereocenters. The highest BCUT2D eigenvalue weighted by molar-refractivity contribution is 5.47. The van der Waals surface area contributed by atoms with E-state index in [0.29, 0.717) is 18.6 Å². The summed E-state index contributed by atoms with van der Waals surface area (Å²) < 4.78 is 5.43. The molecule has 2 unspecified atom stereocenters. The van der Waals surface area contributed by atoms with Gasteiger partial charge in [-0.15, -0.1) is 0 Å². The Balaban J connectivity index is 1.94. The molecule has 1 aromatic rings. The third kappa shape index (κ3) is 3.13. The lowest BCUT2D eigenvalue weighted by Crippen LogP contribution is -2.29. The third-order valence-corrected chi connectivity index (χ3v) is 3.48. The average Bonchev–Trinajstić information content (AvgIpc) is 2.79. The van der Waals surface area contributed by atoms with Crippen LogP contribution in [-0.2, 0) is 0 Å². The SMILES string of the molecule is CCOc1ccc(NC2CCCC2CN)cc1. The van der Waals surface area contributed by atoms with Gasteiger partial charge in [-0.25, -0.2) is 0 Å². The lowest BCUT2D eigenvalue weighted by molar-refractivity contribution is 0.340. The number of benzene rings is 1. The third-order valence-electron chi connectivity index (χ3n) is 3.48. The maximum atomic E-state index is 5.78. The summed E-state index contributed by atoms with van der Waals surface area (Å²) in [6.45, 7) is 3.50. The van der Waals surface area contributed by atoms with Crippen molar-refractivity contribution in [1.82, 2.24) is 0 Å². The molecule has 3 heteroatoms. The molecule has 1 saturated carbocycles. The van der Waals surface area contributed by atoms with Crippen molar-refractivity contribution < 1.29 is 4.74 Å². The lowest BCUT2D eigenvalue weighted by atomic mass is 10.0. The molecule has 1 fully saturated rings. The summed E-state index contributed by atoms with van der Waals surface area (Å²) in [6.07, 6.45) is 3.77. The van der Waals surface area contributed by atoms with Gasteiger partial charge in [0.05, 0.1) is 6.61 Å². The first-order valence-electron chi connectivity index (χ1n) is 6.53. The van der Waals surface area contributed by atoms with Crippen LogP contribution in [0.3, 0.4) is 0 Å². The van der Waals surface area contributed by atoms with E-state index in [9.17, 15) is 0 Å². The highest BCUT2D eigenvalue weighted by Crippen LogP contribution is 2.28. The predicted molar refractivity (Wildman–Crippen MR) is 71.4 cm³/mol. The summed E-state index contributed by atoms with van der Waals surface area (Å²) in [5.41, 5.74) is 6.95. The van der Waals surface area contributed by atoms with E-state index in [-0.39, 0.29) is 0 Å². The number of rotatable bonds is 5. The van der Waals surface area contributed by atoms with Crippen LogP contribution < -0.4 is 15.8 Å². The number of hydrogen-bond acceptors (Lipinski definition) is 3. The Morgan fingerprint density at radius 3 is 2.71 bits per heavy atom. The van der Waals surface area contributed by atoms with Crippen LogP contribution in [0.15, 0.2) is 24.3 Å². The van der Waals surface area contributed by atoms with Crippen LogP contribution in [0.2, 0.25) is 0 Å². The van der Waals surface area contributed by atoms with E-state index in [1.54, 1.807) is 0 Å². The molecular weight excluding hydrogens is 212 g/mol. The molecule has 17 heavy (non-hydrogen) atoms. The van der Waals surface area contributed by atoms with Gasteiger partial charge in [0, 0.05) is 11.7 Å². The molecule has 3 N–H and O–H groups in total. The van der Waals surface area contributed by atoms with Gasteiger partial charge < -0.3 is 15.8 Å².